The number of nitrogens with one attached hydrogen (secondary N) is 1. The fourth-order valence-corrected chi connectivity index (χ4v) is 2.41. The lowest BCUT2D eigenvalue weighted by molar-refractivity contribution is 0.0952. The van der Waals surface area contributed by atoms with Crippen LogP contribution in [0, 0.1) is 0 Å². The molecule has 0 spiro atoms. The predicted octanol–water partition coefficient (Wildman–Crippen LogP) is 3.02. The van der Waals surface area contributed by atoms with Gasteiger partial charge in [-0.05, 0) is 29.6 Å². The van der Waals surface area contributed by atoms with Gasteiger partial charge < -0.3 is 11.1 Å². The zero-order valence-electron chi connectivity index (χ0n) is 8.94. The monoisotopic (exact) mass is 310 g/mol. The molecule has 88 valence electrons. The summed E-state index contributed by atoms with van der Waals surface area (Å²) in [7, 11) is 0. The molecule has 2 rings (SSSR count). The van der Waals surface area contributed by atoms with Gasteiger partial charge in [-0.15, -0.1) is 11.3 Å². The Bertz CT molecular complexity index is 525. The second-order valence-electron chi connectivity index (χ2n) is 3.49. The minimum Gasteiger partial charge on any atom is -0.398 e. The fourth-order valence-electron chi connectivity index (χ4n) is 1.40. The third kappa shape index (κ3) is 3.08. The van der Waals surface area contributed by atoms with Crippen LogP contribution in [0.4, 0.5) is 5.69 Å². The van der Waals surface area contributed by atoms with E-state index in [1.54, 1.807) is 23.5 Å². The highest BCUT2D eigenvalue weighted by Gasteiger charge is 2.09. The van der Waals surface area contributed by atoms with Crippen LogP contribution in [0.1, 0.15) is 15.2 Å². The molecule has 1 heterocycles. The number of carbonyl (C=O) groups is 1. The van der Waals surface area contributed by atoms with Crippen molar-refractivity contribution >= 4 is 38.9 Å². The number of hydrogen-bond acceptors (Lipinski definition) is 3. The van der Waals surface area contributed by atoms with Gasteiger partial charge in [0, 0.05) is 15.0 Å². The summed E-state index contributed by atoms with van der Waals surface area (Å²) >= 11 is 4.93. The van der Waals surface area contributed by atoms with Gasteiger partial charge in [-0.1, -0.05) is 22.0 Å². The number of rotatable bonds is 3. The van der Waals surface area contributed by atoms with Crippen molar-refractivity contribution in [2.75, 3.05) is 5.73 Å². The van der Waals surface area contributed by atoms with Crippen LogP contribution in [0.15, 0.2) is 40.2 Å². The summed E-state index contributed by atoms with van der Waals surface area (Å²) in [5.74, 6) is -0.155. The average Bonchev–Trinajstić information content (AvgIpc) is 2.82. The molecule has 1 aromatic heterocycles. The lowest BCUT2D eigenvalue weighted by Crippen LogP contribution is -2.23. The number of benzene rings is 1. The van der Waals surface area contributed by atoms with Gasteiger partial charge in [0.1, 0.15) is 0 Å². The second kappa shape index (κ2) is 5.33. The molecule has 0 bridgehead atoms. The summed E-state index contributed by atoms with van der Waals surface area (Å²) in [5, 5.41) is 4.82. The summed E-state index contributed by atoms with van der Waals surface area (Å²) in [5.41, 5.74) is 6.74. The van der Waals surface area contributed by atoms with Crippen molar-refractivity contribution in [3.63, 3.8) is 0 Å². The van der Waals surface area contributed by atoms with Crippen molar-refractivity contribution in [3.05, 3.63) is 50.6 Å². The number of thiophene rings is 1. The van der Waals surface area contributed by atoms with E-state index in [2.05, 4.69) is 21.2 Å². The van der Waals surface area contributed by atoms with Crippen molar-refractivity contribution in [2.24, 2.45) is 0 Å². The third-order valence-electron chi connectivity index (χ3n) is 2.26. The quantitative estimate of drug-likeness (QED) is 0.856. The molecule has 3 N–H and O–H groups in total. The molecule has 0 aliphatic heterocycles. The number of nitrogen functional groups attached to an aromatic ring is 1. The molecule has 1 aromatic carbocycles. The molecule has 2 aromatic rings. The largest absolute Gasteiger partial charge is 0.398 e. The average molecular weight is 311 g/mol. The van der Waals surface area contributed by atoms with Crippen LogP contribution in [0.5, 0.6) is 0 Å². The van der Waals surface area contributed by atoms with Crippen molar-refractivity contribution in [1.82, 2.24) is 5.32 Å². The number of halogens is 1. The van der Waals surface area contributed by atoms with Gasteiger partial charge in [0.05, 0.1) is 12.1 Å². The Morgan fingerprint density at radius 3 is 2.94 bits per heavy atom. The van der Waals surface area contributed by atoms with Gasteiger partial charge >= 0.3 is 0 Å². The smallest absolute Gasteiger partial charge is 0.253 e. The lowest BCUT2D eigenvalue weighted by atomic mass is 10.1. The van der Waals surface area contributed by atoms with E-state index in [-0.39, 0.29) is 5.91 Å². The molecule has 0 aliphatic carbocycles. The summed E-state index contributed by atoms with van der Waals surface area (Å²) in [6, 6.07) is 9.18. The van der Waals surface area contributed by atoms with Crippen molar-refractivity contribution in [3.8, 4) is 0 Å². The van der Waals surface area contributed by atoms with E-state index in [9.17, 15) is 4.79 Å². The van der Waals surface area contributed by atoms with E-state index in [0.717, 1.165) is 9.35 Å². The molecule has 1 amide bonds. The molecular formula is C12H11BrN2OS. The van der Waals surface area contributed by atoms with Gasteiger partial charge in [0.15, 0.2) is 0 Å². The maximum absolute atomic E-state index is 11.9. The van der Waals surface area contributed by atoms with E-state index in [4.69, 9.17) is 5.73 Å². The van der Waals surface area contributed by atoms with Gasteiger partial charge in [-0.3, -0.25) is 4.79 Å². The Kier molecular flexibility index (Phi) is 3.81. The number of amides is 1. The van der Waals surface area contributed by atoms with Crippen LogP contribution in [-0.4, -0.2) is 5.91 Å². The lowest BCUT2D eigenvalue weighted by Gasteiger charge is -2.07. The maximum Gasteiger partial charge on any atom is 0.253 e. The van der Waals surface area contributed by atoms with Crippen LogP contribution >= 0.6 is 27.3 Å². The van der Waals surface area contributed by atoms with Crippen molar-refractivity contribution in [1.29, 1.82) is 0 Å². The summed E-state index contributed by atoms with van der Waals surface area (Å²) in [4.78, 5) is 13.0. The predicted molar refractivity (Wildman–Crippen MR) is 74.0 cm³/mol. The molecule has 0 saturated carbocycles. The number of carbonyl (C=O) groups excluding carboxylic acids is 1. The first-order chi connectivity index (χ1) is 8.16. The Balaban J connectivity index is 2.07. The molecule has 0 atom stereocenters. The van der Waals surface area contributed by atoms with Gasteiger partial charge in [0.2, 0.25) is 0 Å². The fraction of sp³-hybridized carbons (Fsp3) is 0.0833. The Hall–Kier alpha value is -1.33. The van der Waals surface area contributed by atoms with Gasteiger partial charge in [-0.25, -0.2) is 0 Å². The van der Waals surface area contributed by atoms with Crippen molar-refractivity contribution in [2.45, 2.75) is 6.54 Å². The zero-order chi connectivity index (χ0) is 12.3. The minimum atomic E-state index is -0.155. The molecule has 5 heteroatoms. The molecule has 3 nitrogen and oxygen atoms in total. The third-order valence-corrected chi connectivity index (χ3v) is 3.63. The van der Waals surface area contributed by atoms with Gasteiger partial charge in [0.25, 0.3) is 5.91 Å². The van der Waals surface area contributed by atoms with E-state index < -0.39 is 0 Å². The maximum atomic E-state index is 11.9. The number of nitrogens with two attached hydrogens (primary N) is 1. The highest BCUT2D eigenvalue weighted by Crippen LogP contribution is 2.18. The number of hydrogen-bond donors (Lipinski definition) is 2. The molecule has 0 radical (unpaired) electrons. The second-order valence-corrected chi connectivity index (χ2v) is 5.44. The Labute approximate surface area is 112 Å². The SMILES string of the molecule is Nc1ccc(Br)cc1C(=O)NCc1cccs1. The molecular weight excluding hydrogens is 300 g/mol. The summed E-state index contributed by atoms with van der Waals surface area (Å²) in [6.07, 6.45) is 0. The van der Waals surface area contributed by atoms with Crippen molar-refractivity contribution < 1.29 is 4.79 Å². The van der Waals surface area contributed by atoms with E-state index in [1.807, 2.05) is 23.6 Å². The molecule has 0 saturated heterocycles. The van der Waals surface area contributed by atoms with Crippen LogP contribution in [-0.2, 0) is 6.54 Å². The Morgan fingerprint density at radius 1 is 1.41 bits per heavy atom. The van der Waals surface area contributed by atoms with Crippen LogP contribution < -0.4 is 11.1 Å². The molecule has 17 heavy (non-hydrogen) atoms. The van der Waals surface area contributed by atoms with Crippen LogP contribution in [0.3, 0.4) is 0 Å². The normalized spacial score (nSPS) is 10.2. The van der Waals surface area contributed by atoms with Crippen LogP contribution in [0.25, 0.3) is 0 Å². The van der Waals surface area contributed by atoms with E-state index in [0.29, 0.717) is 17.8 Å². The van der Waals surface area contributed by atoms with Crippen LogP contribution in [0.2, 0.25) is 0 Å². The number of anilines is 1. The Morgan fingerprint density at radius 2 is 2.24 bits per heavy atom. The summed E-state index contributed by atoms with van der Waals surface area (Å²) < 4.78 is 0.841. The van der Waals surface area contributed by atoms with Gasteiger partial charge in [-0.2, -0.15) is 0 Å². The topological polar surface area (TPSA) is 55.1 Å². The first-order valence-corrected chi connectivity index (χ1v) is 6.69. The molecule has 0 aliphatic rings. The highest BCUT2D eigenvalue weighted by molar-refractivity contribution is 9.10. The minimum absolute atomic E-state index is 0.155. The molecule has 0 unspecified atom stereocenters. The summed E-state index contributed by atoms with van der Waals surface area (Å²) in [6.45, 7) is 0.530. The molecule has 0 fully saturated rings. The highest BCUT2D eigenvalue weighted by atomic mass is 79.9. The van der Waals surface area contributed by atoms with E-state index in [1.165, 1.54) is 0 Å². The standard InChI is InChI=1S/C12H11BrN2OS/c13-8-3-4-11(14)10(6-8)12(16)15-7-9-2-1-5-17-9/h1-6H,7,14H2,(H,15,16). The first kappa shape index (κ1) is 12.1. The first-order valence-electron chi connectivity index (χ1n) is 5.02. The zero-order valence-corrected chi connectivity index (χ0v) is 11.3. The van der Waals surface area contributed by atoms with E-state index >= 15 is 0 Å².